The first-order valence-electron chi connectivity index (χ1n) is 9.47. The molecule has 8 heteroatoms. The number of nitrogens with zero attached hydrogens (tertiary/aromatic N) is 2. The van der Waals surface area contributed by atoms with Gasteiger partial charge in [-0.15, -0.1) is 0 Å². The van der Waals surface area contributed by atoms with E-state index in [0.717, 1.165) is 16.0 Å². The molecule has 1 heterocycles. The van der Waals surface area contributed by atoms with E-state index in [2.05, 4.69) is 4.99 Å². The molecule has 0 aliphatic heterocycles. The molecule has 0 aliphatic rings. The summed E-state index contributed by atoms with van der Waals surface area (Å²) in [6, 6.07) is 11.7. The van der Waals surface area contributed by atoms with E-state index in [4.69, 9.17) is 4.74 Å². The van der Waals surface area contributed by atoms with Crippen molar-refractivity contribution in [3.05, 3.63) is 52.8 Å². The Kier molecular flexibility index (Phi) is 6.24. The molecule has 1 aromatic heterocycles. The van der Waals surface area contributed by atoms with Crippen molar-refractivity contribution in [3.63, 3.8) is 0 Å². The van der Waals surface area contributed by atoms with Gasteiger partial charge in [0.25, 0.3) is 5.91 Å². The van der Waals surface area contributed by atoms with E-state index in [1.165, 1.54) is 35.6 Å². The zero-order valence-electron chi connectivity index (χ0n) is 16.9. The highest BCUT2D eigenvalue weighted by Crippen LogP contribution is 2.27. The van der Waals surface area contributed by atoms with Gasteiger partial charge < -0.3 is 9.30 Å². The molecule has 3 aromatic rings. The molecule has 0 aliphatic carbocycles. The van der Waals surface area contributed by atoms with Crippen molar-refractivity contribution in [2.24, 2.45) is 4.99 Å². The molecule has 1 amide bonds. The van der Waals surface area contributed by atoms with E-state index < -0.39 is 21.0 Å². The maximum absolute atomic E-state index is 12.7. The van der Waals surface area contributed by atoms with Gasteiger partial charge in [0.1, 0.15) is 11.3 Å². The molecule has 0 atom stereocenters. The lowest BCUT2D eigenvalue weighted by Gasteiger charge is -2.08. The van der Waals surface area contributed by atoms with Crippen LogP contribution >= 0.6 is 11.3 Å². The molecule has 6 nitrogen and oxygen atoms in total. The number of hydrogen-bond acceptors (Lipinski definition) is 5. The average molecular weight is 433 g/mol. The number of hydrogen-bond donors (Lipinski definition) is 0. The topological polar surface area (TPSA) is 77.7 Å². The summed E-state index contributed by atoms with van der Waals surface area (Å²) >= 11 is 1.42. The van der Waals surface area contributed by atoms with Gasteiger partial charge in [-0.25, -0.2) is 8.42 Å². The Morgan fingerprint density at radius 3 is 2.41 bits per heavy atom. The summed E-state index contributed by atoms with van der Waals surface area (Å²) in [5, 5.41) is -0.518. The number of aryl methyl sites for hydroxylation is 1. The quantitative estimate of drug-likeness (QED) is 0.589. The largest absolute Gasteiger partial charge is 0.492 e. The van der Waals surface area contributed by atoms with Gasteiger partial charge in [-0.1, -0.05) is 17.4 Å². The first-order valence-corrected chi connectivity index (χ1v) is 11.8. The zero-order valence-corrected chi connectivity index (χ0v) is 18.5. The molecule has 0 saturated heterocycles. The van der Waals surface area contributed by atoms with E-state index in [1.807, 2.05) is 36.6 Å². The molecule has 0 fully saturated rings. The van der Waals surface area contributed by atoms with Crippen LogP contribution < -0.4 is 9.54 Å². The molecule has 0 unspecified atom stereocenters. The van der Waals surface area contributed by atoms with E-state index in [9.17, 15) is 13.2 Å². The molecule has 0 bridgehead atoms. The van der Waals surface area contributed by atoms with Crippen LogP contribution in [0.5, 0.6) is 5.75 Å². The van der Waals surface area contributed by atoms with Crippen LogP contribution in [0.2, 0.25) is 0 Å². The van der Waals surface area contributed by atoms with Gasteiger partial charge in [0.15, 0.2) is 14.6 Å². The maximum atomic E-state index is 12.7. The number of carbonyl (C=O) groups excluding carboxylic acids is 1. The summed E-state index contributed by atoms with van der Waals surface area (Å²) < 4.78 is 33.2. The Bertz CT molecular complexity index is 1200. The van der Waals surface area contributed by atoms with E-state index in [1.54, 1.807) is 13.8 Å². The van der Waals surface area contributed by atoms with Crippen LogP contribution in [-0.2, 0) is 16.4 Å². The summed E-state index contributed by atoms with van der Waals surface area (Å²) in [6.45, 7) is 8.37. The minimum absolute atomic E-state index is 0.205. The Labute approximate surface area is 174 Å². The summed E-state index contributed by atoms with van der Waals surface area (Å²) in [7, 11) is -3.37. The van der Waals surface area contributed by atoms with Gasteiger partial charge in [-0.2, -0.15) is 4.99 Å². The standard InChI is InChI=1S/C21H24N2O4S2/c1-5-23-19-17(27-6-2)8-7-9-18(19)28-21(23)22-20(24)15-10-12-16(13-11-15)29(25,26)14(3)4/h7-14H,5-6H2,1-4H3. The van der Waals surface area contributed by atoms with Crippen LogP contribution in [0.1, 0.15) is 38.1 Å². The Balaban J connectivity index is 2.03. The predicted molar refractivity (Wildman–Crippen MR) is 115 cm³/mol. The normalized spacial score (nSPS) is 12.7. The Morgan fingerprint density at radius 1 is 1.14 bits per heavy atom. The maximum Gasteiger partial charge on any atom is 0.279 e. The highest BCUT2D eigenvalue weighted by atomic mass is 32.2. The molecular weight excluding hydrogens is 408 g/mol. The number of aromatic nitrogens is 1. The average Bonchev–Trinajstić information content (AvgIpc) is 3.06. The molecule has 0 spiro atoms. The molecule has 2 aromatic carbocycles. The third kappa shape index (κ3) is 4.13. The van der Waals surface area contributed by atoms with Crippen molar-refractivity contribution >= 4 is 37.3 Å². The summed E-state index contributed by atoms with van der Waals surface area (Å²) in [6.07, 6.45) is 0. The molecule has 0 saturated carbocycles. The van der Waals surface area contributed by atoms with Crippen LogP contribution in [0.25, 0.3) is 10.2 Å². The van der Waals surface area contributed by atoms with Crippen molar-refractivity contribution in [1.82, 2.24) is 4.57 Å². The number of fused-ring (bicyclic) bond motifs is 1. The first kappa shape index (κ1) is 21.3. The number of sulfone groups is 1. The predicted octanol–water partition coefficient (Wildman–Crippen LogP) is 4.04. The lowest BCUT2D eigenvalue weighted by molar-refractivity contribution is 0.0997. The minimum Gasteiger partial charge on any atom is -0.492 e. The fourth-order valence-corrected chi connectivity index (χ4v) is 5.13. The fourth-order valence-electron chi connectivity index (χ4n) is 2.96. The number of para-hydroxylation sites is 1. The summed E-state index contributed by atoms with van der Waals surface area (Å²) in [5.74, 6) is 0.352. The van der Waals surface area contributed by atoms with Gasteiger partial charge in [-0.05, 0) is 64.1 Å². The number of benzene rings is 2. The van der Waals surface area contributed by atoms with Crippen molar-refractivity contribution in [1.29, 1.82) is 0 Å². The van der Waals surface area contributed by atoms with Crippen LogP contribution in [0.4, 0.5) is 0 Å². The van der Waals surface area contributed by atoms with Crippen LogP contribution in [0.3, 0.4) is 0 Å². The number of carbonyl (C=O) groups is 1. The third-order valence-corrected chi connectivity index (χ3v) is 7.74. The van der Waals surface area contributed by atoms with E-state index in [-0.39, 0.29) is 4.90 Å². The van der Waals surface area contributed by atoms with Crippen LogP contribution in [0, 0.1) is 0 Å². The Morgan fingerprint density at radius 2 is 1.83 bits per heavy atom. The highest BCUT2D eigenvalue weighted by Gasteiger charge is 2.19. The second-order valence-corrected chi connectivity index (χ2v) is 10.2. The molecule has 29 heavy (non-hydrogen) atoms. The van der Waals surface area contributed by atoms with Gasteiger partial charge in [0.05, 0.1) is 21.5 Å². The van der Waals surface area contributed by atoms with Crippen LogP contribution in [0.15, 0.2) is 52.4 Å². The third-order valence-electron chi connectivity index (χ3n) is 4.53. The molecule has 154 valence electrons. The van der Waals surface area contributed by atoms with Gasteiger partial charge in [0, 0.05) is 12.1 Å². The molecule has 0 radical (unpaired) electrons. The second kappa shape index (κ2) is 8.51. The number of thiazole rings is 1. The first-order chi connectivity index (χ1) is 13.8. The molecule has 3 rings (SSSR count). The van der Waals surface area contributed by atoms with Crippen LogP contribution in [-0.4, -0.2) is 30.7 Å². The Hall–Kier alpha value is -2.45. The fraction of sp³-hybridized carbons (Fsp3) is 0.333. The minimum atomic E-state index is -3.37. The van der Waals surface area contributed by atoms with Gasteiger partial charge >= 0.3 is 0 Å². The zero-order chi connectivity index (χ0) is 21.2. The lowest BCUT2D eigenvalue weighted by Crippen LogP contribution is -2.16. The van der Waals surface area contributed by atoms with Crippen molar-refractivity contribution in [2.45, 2.75) is 44.4 Å². The summed E-state index contributed by atoms with van der Waals surface area (Å²) in [4.78, 5) is 17.8. The van der Waals surface area contributed by atoms with Crippen molar-refractivity contribution in [2.75, 3.05) is 6.61 Å². The SMILES string of the molecule is CCOc1cccc2sc(=NC(=O)c3ccc(S(=O)(=O)C(C)C)cc3)n(CC)c12. The van der Waals surface area contributed by atoms with Crippen molar-refractivity contribution in [3.8, 4) is 5.75 Å². The van der Waals surface area contributed by atoms with Crippen molar-refractivity contribution < 1.29 is 17.9 Å². The molecular formula is C21H24N2O4S2. The smallest absolute Gasteiger partial charge is 0.279 e. The number of amides is 1. The monoisotopic (exact) mass is 432 g/mol. The lowest BCUT2D eigenvalue weighted by atomic mass is 10.2. The van der Waals surface area contributed by atoms with Gasteiger partial charge in [-0.3, -0.25) is 4.79 Å². The van der Waals surface area contributed by atoms with E-state index in [0.29, 0.717) is 23.5 Å². The number of ether oxygens (including phenoxy) is 1. The highest BCUT2D eigenvalue weighted by molar-refractivity contribution is 7.92. The van der Waals surface area contributed by atoms with E-state index >= 15 is 0 Å². The second-order valence-electron chi connectivity index (χ2n) is 6.70. The number of rotatable bonds is 6. The molecule has 0 N–H and O–H groups in total. The van der Waals surface area contributed by atoms with Gasteiger partial charge in [0.2, 0.25) is 0 Å². The summed E-state index contributed by atoms with van der Waals surface area (Å²) in [5.41, 5.74) is 1.27.